The van der Waals surface area contributed by atoms with Crippen molar-refractivity contribution in [2.45, 2.75) is 57.7 Å². The average molecular weight is 321 g/mol. The van der Waals surface area contributed by atoms with Crippen molar-refractivity contribution in [1.29, 1.82) is 0 Å². The Morgan fingerprint density at radius 2 is 2.27 bits per heavy atom. The Labute approximate surface area is 137 Å². The van der Waals surface area contributed by atoms with Crippen LogP contribution < -0.4 is 10.6 Å². The first-order chi connectivity index (χ1) is 10.8. The lowest BCUT2D eigenvalue weighted by Crippen LogP contribution is -2.65. The van der Waals surface area contributed by atoms with E-state index >= 15 is 0 Å². The summed E-state index contributed by atoms with van der Waals surface area (Å²) in [6.07, 6.45) is 6.79. The van der Waals surface area contributed by atoms with Gasteiger partial charge in [-0.3, -0.25) is 4.99 Å². The molecule has 2 fully saturated rings. The lowest BCUT2D eigenvalue weighted by molar-refractivity contribution is -0.125. The van der Waals surface area contributed by atoms with Gasteiger partial charge in [0.25, 0.3) is 0 Å². The molecule has 1 aromatic rings. The van der Waals surface area contributed by atoms with E-state index in [1.54, 1.807) is 11.3 Å². The Morgan fingerprint density at radius 3 is 2.91 bits per heavy atom. The van der Waals surface area contributed by atoms with Gasteiger partial charge in [-0.2, -0.15) is 11.3 Å². The first kappa shape index (κ1) is 15.8. The number of hydrogen-bond donors (Lipinski definition) is 2. The zero-order chi connectivity index (χ0) is 15.4. The Bertz CT molecular complexity index is 494. The summed E-state index contributed by atoms with van der Waals surface area (Å²) in [5.74, 6) is 0.914. The molecular weight excluding hydrogens is 294 g/mol. The SMILES string of the molecule is CCOC1CC(NC(=NC)NCc2ccsc2)C12CCCC2. The molecular formula is C17H27N3OS. The zero-order valence-corrected chi connectivity index (χ0v) is 14.4. The number of ether oxygens (including phenoxy) is 1. The summed E-state index contributed by atoms with van der Waals surface area (Å²) in [6.45, 7) is 3.76. The van der Waals surface area contributed by atoms with Gasteiger partial charge >= 0.3 is 0 Å². The molecule has 2 aliphatic carbocycles. The maximum absolute atomic E-state index is 5.98. The third kappa shape index (κ3) is 3.01. The Balaban J connectivity index is 1.57. The molecule has 122 valence electrons. The van der Waals surface area contributed by atoms with Crippen molar-refractivity contribution in [3.05, 3.63) is 22.4 Å². The van der Waals surface area contributed by atoms with Crippen molar-refractivity contribution in [3.63, 3.8) is 0 Å². The van der Waals surface area contributed by atoms with Crippen LogP contribution >= 0.6 is 11.3 Å². The Kier molecular flexibility index (Phi) is 5.03. The van der Waals surface area contributed by atoms with Crippen LogP contribution in [0.5, 0.6) is 0 Å². The molecule has 4 nitrogen and oxygen atoms in total. The van der Waals surface area contributed by atoms with Gasteiger partial charge in [-0.1, -0.05) is 12.8 Å². The second-order valence-electron chi connectivity index (χ2n) is 6.37. The summed E-state index contributed by atoms with van der Waals surface area (Å²) in [5, 5.41) is 11.4. The summed E-state index contributed by atoms with van der Waals surface area (Å²) in [7, 11) is 1.85. The van der Waals surface area contributed by atoms with E-state index in [4.69, 9.17) is 4.74 Å². The van der Waals surface area contributed by atoms with Crippen LogP contribution in [0.15, 0.2) is 21.8 Å². The van der Waals surface area contributed by atoms with Gasteiger partial charge in [0.2, 0.25) is 0 Å². The van der Waals surface area contributed by atoms with Crippen LogP contribution in [-0.4, -0.2) is 31.8 Å². The van der Waals surface area contributed by atoms with Crippen LogP contribution in [0.4, 0.5) is 0 Å². The molecule has 1 spiro atoms. The Morgan fingerprint density at radius 1 is 1.45 bits per heavy atom. The van der Waals surface area contributed by atoms with Gasteiger partial charge < -0.3 is 15.4 Å². The van der Waals surface area contributed by atoms with Gasteiger partial charge in [-0.15, -0.1) is 0 Å². The highest BCUT2D eigenvalue weighted by atomic mass is 32.1. The lowest BCUT2D eigenvalue weighted by Gasteiger charge is -2.54. The van der Waals surface area contributed by atoms with Gasteiger partial charge in [-0.25, -0.2) is 0 Å². The van der Waals surface area contributed by atoms with Gasteiger partial charge in [-0.05, 0) is 48.6 Å². The van der Waals surface area contributed by atoms with Crippen LogP contribution in [0.1, 0.15) is 44.6 Å². The fourth-order valence-corrected chi connectivity index (χ4v) is 4.70. The fraction of sp³-hybridized carbons (Fsp3) is 0.706. The predicted molar refractivity (Wildman–Crippen MR) is 92.4 cm³/mol. The van der Waals surface area contributed by atoms with E-state index in [0.717, 1.165) is 25.5 Å². The number of rotatable bonds is 5. The summed E-state index contributed by atoms with van der Waals surface area (Å²) >= 11 is 1.73. The third-order valence-electron chi connectivity index (χ3n) is 5.26. The quantitative estimate of drug-likeness (QED) is 0.647. The van der Waals surface area contributed by atoms with E-state index in [9.17, 15) is 0 Å². The molecule has 2 saturated carbocycles. The highest BCUT2D eigenvalue weighted by molar-refractivity contribution is 7.07. The molecule has 1 heterocycles. The number of hydrogen-bond acceptors (Lipinski definition) is 3. The molecule has 0 aromatic carbocycles. The molecule has 3 rings (SSSR count). The lowest BCUT2D eigenvalue weighted by atomic mass is 9.60. The minimum Gasteiger partial charge on any atom is -0.378 e. The number of thiophene rings is 1. The van der Waals surface area contributed by atoms with Crippen molar-refractivity contribution in [2.75, 3.05) is 13.7 Å². The zero-order valence-electron chi connectivity index (χ0n) is 13.6. The molecule has 0 radical (unpaired) electrons. The van der Waals surface area contributed by atoms with Crippen LogP contribution in [0, 0.1) is 5.41 Å². The standard InChI is InChI=1S/C17H27N3OS/c1-3-21-15-10-14(17(15)7-4-5-8-17)20-16(18-2)19-11-13-6-9-22-12-13/h6,9,12,14-15H,3-5,7-8,10-11H2,1-2H3,(H2,18,19,20). The van der Waals surface area contributed by atoms with E-state index in [0.29, 0.717) is 17.6 Å². The largest absolute Gasteiger partial charge is 0.378 e. The van der Waals surface area contributed by atoms with Gasteiger partial charge in [0.1, 0.15) is 0 Å². The van der Waals surface area contributed by atoms with Crippen LogP contribution in [0.2, 0.25) is 0 Å². The summed E-state index contributed by atoms with van der Waals surface area (Å²) in [6, 6.07) is 2.65. The highest BCUT2D eigenvalue weighted by Gasteiger charge is 2.56. The van der Waals surface area contributed by atoms with Crippen molar-refractivity contribution in [2.24, 2.45) is 10.4 Å². The topological polar surface area (TPSA) is 45.6 Å². The monoisotopic (exact) mass is 321 g/mol. The average Bonchev–Trinajstić information content (AvgIpc) is 3.21. The fourth-order valence-electron chi connectivity index (χ4n) is 4.03. The van der Waals surface area contributed by atoms with E-state index in [2.05, 4.69) is 39.4 Å². The molecule has 2 atom stereocenters. The van der Waals surface area contributed by atoms with Crippen LogP contribution in [0.3, 0.4) is 0 Å². The van der Waals surface area contributed by atoms with E-state index in [1.165, 1.54) is 31.2 Å². The highest BCUT2D eigenvalue weighted by Crippen LogP contribution is 2.54. The van der Waals surface area contributed by atoms with E-state index in [1.807, 2.05) is 7.05 Å². The molecule has 2 unspecified atom stereocenters. The van der Waals surface area contributed by atoms with Crippen LogP contribution in [0.25, 0.3) is 0 Å². The first-order valence-electron chi connectivity index (χ1n) is 8.38. The van der Waals surface area contributed by atoms with Crippen molar-refractivity contribution >= 4 is 17.3 Å². The second kappa shape index (κ2) is 7.01. The predicted octanol–water partition coefficient (Wildman–Crippen LogP) is 3.15. The van der Waals surface area contributed by atoms with Crippen LogP contribution in [-0.2, 0) is 11.3 Å². The summed E-state index contributed by atoms with van der Waals surface area (Å²) in [4.78, 5) is 4.39. The molecule has 0 amide bonds. The molecule has 0 bridgehead atoms. The van der Waals surface area contributed by atoms with Gasteiger partial charge in [0.15, 0.2) is 5.96 Å². The molecule has 2 aliphatic rings. The maximum atomic E-state index is 5.98. The van der Waals surface area contributed by atoms with E-state index in [-0.39, 0.29) is 0 Å². The van der Waals surface area contributed by atoms with Gasteiger partial charge in [0, 0.05) is 31.7 Å². The molecule has 0 saturated heterocycles. The molecule has 2 N–H and O–H groups in total. The van der Waals surface area contributed by atoms with Crippen molar-refractivity contribution in [3.8, 4) is 0 Å². The van der Waals surface area contributed by atoms with Crippen molar-refractivity contribution < 1.29 is 4.74 Å². The smallest absolute Gasteiger partial charge is 0.191 e. The van der Waals surface area contributed by atoms with Crippen molar-refractivity contribution in [1.82, 2.24) is 10.6 Å². The minimum atomic E-state index is 0.343. The normalized spacial score (nSPS) is 26.9. The number of aliphatic imine (C=N–C) groups is 1. The molecule has 0 aliphatic heterocycles. The molecule has 1 aromatic heterocycles. The maximum Gasteiger partial charge on any atom is 0.191 e. The van der Waals surface area contributed by atoms with Gasteiger partial charge in [0.05, 0.1) is 6.10 Å². The molecule has 22 heavy (non-hydrogen) atoms. The number of guanidine groups is 1. The first-order valence-corrected chi connectivity index (χ1v) is 9.32. The number of nitrogens with zero attached hydrogens (tertiary/aromatic N) is 1. The molecule has 5 heteroatoms. The second-order valence-corrected chi connectivity index (χ2v) is 7.15. The summed E-state index contributed by atoms with van der Waals surface area (Å²) in [5.41, 5.74) is 1.65. The Hall–Kier alpha value is -1.07. The summed E-state index contributed by atoms with van der Waals surface area (Å²) < 4.78 is 5.98. The number of nitrogens with one attached hydrogen (secondary N) is 2. The van der Waals surface area contributed by atoms with E-state index < -0.39 is 0 Å². The third-order valence-corrected chi connectivity index (χ3v) is 5.99. The minimum absolute atomic E-state index is 0.343.